The third-order valence-electron chi connectivity index (χ3n) is 3.34. The quantitative estimate of drug-likeness (QED) is 0.841. The Morgan fingerprint density at radius 3 is 2.79 bits per heavy atom. The smallest absolute Gasteiger partial charge is 0.220 e. The molecule has 1 unspecified atom stereocenters. The van der Waals surface area contributed by atoms with E-state index >= 15 is 0 Å². The Morgan fingerprint density at radius 1 is 1.32 bits per heavy atom. The van der Waals surface area contributed by atoms with E-state index in [0.717, 1.165) is 19.3 Å². The molecule has 0 aliphatic carbocycles. The van der Waals surface area contributed by atoms with Crippen LogP contribution < -0.4 is 10.6 Å². The molecule has 19 heavy (non-hydrogen) atoms. The van der Waals surface area contributed by atoms with Crippen LogP contribution in [0.3, 0.4) is 0 Å². The van der Waals surface area contributed by atoms with Crippen molar-refractivity contribution in [3.05, 3.63) is 35.9 Å². The number of carbonyl (C=O) groups excluding carboxylic acids is 2. The number of hydrogen-bond acceptors (Lipinski definition) is 2. The number of rotatable bonds is 5. The molecule has 102 valence electrons. The first-order valence-corrected chi connectivity index (χ1v) is 6.84. The van der Waals surface area contributed by atoms with Gasteiger partial charge in [0.1, 0.15) is 0 Å². The Hall–Kier alpha value is -1.84. The van der Waals surface area contributed by atoms with E-state index in [1.165, 1.54) is 5.56 Å². The molecule has 1 aliphatic rings. The van der Waals surface area contributed by atoms with Crippen molar-refractivity contribution in [2.75, 3.05) is 6.54 Å². The van der Waals surface area contributed by atoms with Crippen LogP contribution in [0.15, 0.2) is 30.3 Å². The van der Waals surface area contributed by atoms with Gasteiger partial charge in [-0.25, -0.2) is 0 Å². The van der Waals surface area contributed by atoms with Crippen molar-refractivity contribution in [1.29, 1.82) is 0 Å². The summed E-state index contributed by atoms with van der Waals surface area (Å²) >= 11 is 0. The lowest BCUT2D eigenvalue weighted by atomic mass is 10.1. The number of hydrogen-bond donors (Lipinski definition) is 2. The SMILES string of the molecule is O=C1CCC(NC(=O)CCCc2ccccc2)CN1. The third kappa shape index (κ3) is 4.73. The molecule has 1 fully saturated rings. The van der Waals surface area contributed by atoms with E-state index in [4.69, 9.17) is 0 Å². The Bertz CT molecular complexity index is 421. The fourth-order valence-electron chi connectivity index (χ4n) is 2.25. The number of piperidine rings is 1. The maximum Gasteiger partial charge on any atom is 0.220 e. The van der Waals surface area contributed by atoms with Gasteiger partial charge in [-0.2, -0.15) is 0 Å². The summed E-state index contributed by atoms with van der Waals surface area (Å²) in [6, 6.07) is 10.3. The van der Waals surface area contributed by atoms with E-state index in [2.05, 4.69) is 22.8 Å². The lowest BCUT2D eigenvalue weighted by Crippen LogP contribution is -2.47. The number of benzene rings is 1. The minimum Gasteiger partial charge on any atom is -0.354 e. The minimum absolute atomic E-state index is 0.0783. The Kier molecular flexibility index (Phi) is 4.95. The molecule has 2 amide bonds. The van der Waals surface area contributed by atoms with Crippen molar-refractivity contribution in [3.8, 4) is 0 Å². The summed E-state index contributed by atoms with van der Waals surface area (Å²) in [5.74, 6) is 0.159. The van der Waals surface area contributed by atoms with Crippen LogP contribution in [0.1, 0.15) is 31.2 Å². The first-order chi connectivity index (χ1) is 9.24. The van der Waals surface area contributed by atoms with Crippen molar-refractivity contribution < 1.29 is 9.59 Å². The summed E-state index contributed by atoms with van der Waals surface area (Å²) in [4.78, 5) is 22.8. The van der Waals surface area contributed by atoms with E-state index in [1.54, 1.807) is 0 Å². The number of nitrogens with one attached hydrogen (secondary N) is 2. The highest BCUT2D eigenvalue weighted by molar-refractivity contribution is 5.78. The monoisotopic (exact) mass is 260 g/mol. The van der Waals surface area contributed by atoms with Crippen LogP contribution in [-0.2, 0) is 16.0 Å². The van der Waals surface area contributed by atoms with Gasteiger partial charge in [0.2, 0.25) is 11.8 Å². The zero-order chi connectivity index (χ0) is 13.5. The van der Waals surface area contributed by atoms with Gasteiger partial charge < -0.3 is 10.6 Å². The topological polar surface area (TPSA) is 58.2 Å². The van der Waals surface area contributed by atoms with Gasteiger partial charge in [-0.05, 0) is 24.8 Å². The predicted octanol–water partition coefficient (Wildman–Crippen LogP) is 1.40. The summed E-state index contributed by atoms with van der Waals surface area (Å²) in [5.41, 5.74) is 1.26. The summed E-state index contributed by atoms with van der Waals surface area (Å²) in [6.07, 6.45) is 3.58. The van der Waals surface area contributed by atoms with E-state index in [0.29, 0.717) is 19.4 Å². The van der Waals surface area contributed by atoms with Crippen molar-refractivity contribution in [3.63, 3.8) is 0 Å². The molecule has 0 saturated carbocycles. The molecule has 0 spiro atoms. The molecule has 1 aromatic carbocycles. The molecule has 2 N–H and O–H groups in total. The Balaban J connectivity index is 1.63. The third-order valence-corrected chi connectivity index (χ3v) is 3.34. The zero-order valence-electron chi connectivity index (χ0n) is 11.0. The largest absolute Gasteiger partial charge is 0.354 e. The number of aryl methyl sites for hydroxylation is 1. The second kappa shape index (κ2) is 6.92. The average Bonchev–Trinajstić information content (AvgIpc) is 2.43. The van der Waals surface area contributed by atoms with Gasteiger partial charge in [-0.1, -0.05) is 30.3 Å². The van der Waals surface area contributed by atoms with Crippen molar-refractivity contribution in [2.45, 2.75) is 38.1 Å². The van der Waals surface area contributed by atoms with Gasteiger partial charge >= 0.3 is 0 Å². The van der Waals surface area contributed by atoms with Gasteiger partial charge in [0.25, 0.3) is 0 Å². The summed E-state index contributed by atoms with van der Waals surface area (Å²) in [7, 11) is 0. The van der Waals surface area contributed by atoms with Gasteiger partial charge in [-0.3, -0.25) is 9.59 Å². The lowest BCUT2D eigenvalue weighted by Gasteiger charge is -2.23. The standard InChI is InChI=1S/C15H20N2O2/c18-14-10-9-13(11-16-14)17-15(19)8-4-7-12-5-2-1-3-6-12/h1-3,5-6,13H,4,7-11H2,(H,16,18)(H,17,19). The predicted molar refractivity (Wildman–Crippen MR) is 73.6 cm³/mol. The number of carbonyl (C=O) groups is 2. The Morgan fingerprint density at radius 2 is 2.11 bits per heavy atom. The van der Waals surface area contributed by atoms with Gasteiger partial charge in [0, 0.05) is 25.4 Å². The fourth-order valence-corrected chi connectivity index (χ4v) is 2.25. The van der Waals surface area contributed by atoms with Crippen LogP contribution in [0.4, 0.5) is 0 Å². The minimum atomic E-state index is 0.0783. The first-order valence-electron chi connectivity index (χ1n) is 6.84. The van der Waals surface area contributed by atoms with Crippen molar-refractivity contribution in [2.24, 2.45) is 0 Å². The molecular weight excluding hydrogens is 240 g/mol. The number of amides is 2. The van der Waals surface area contributed by atoms with Crippen LogP contribution in [-0.4, -0.2) is 24.4 Å². The highest BCUT2D eigenvalue weighted by Crippen LogP contribution is 2.06. The van der Waals surface area contributed by atoms with Crippen LogP contribution in [0.2, 0.25) is 0 Å². The molecule has 0 radical (unpaired) electrons. The second-order valence-corrected chi connectivity index (χ2v) is 4.95. The van der Waals surface area contributed by atoms with Crippen LogP contribution in [0, 0.1) is 0 Å². The van der Waals surface area contributed by atoms with Crippen molar-refractivity contribution >= 4 is 11.8 Å². The molecule has 1 heterocycles. The fraction of sp³-hybridized carbons (Fsp3) is 0.467. The molecule has 4 heteroatoms. The summed E-state index contributed by atoms with van der Waals surface area (Å²) in [5, 5.41) is 5.74. The maximum absolute atomic E-state index is 11.8. The van der Waals surface area contributed by atoms with Gasteiger partial charge in [0.05, 0.1) is 0 Å². The van der Waals surface area contributed by atoms with E-state index < -0.39 is 0 Å². The molecule has 4 nitrogen and oxygen atoms in total. The van der Waals surface area contributed by atoms with Crippen molar-refractivity contribution in [1.82, 2.24) is 10.6 Å². The highest BCUT2D eigenvalue weighted by atomic mass is 16.2. The lowest BCUT2D eigenvalue weighted by molar-refractivity contribution is -0.125. The summed E-state index contributed by atoms with van der Waals surface area (Å²) in [6.45, 7) is 0.559. The molecular formula is C15H20N2O2. The molecule has 1 saturated heterocycles. The second-order valence-electron chi connectivity index (χ2n) is 4.95. The molecule has 1 aliphatic heterocycles. The molecule has 1 atom stereocenters. The van der Waals surface area contributed by atoms with Gasteiger partial charge in [0.15, 0.2) is 0 Å². The normalized spacial score (nSPS) is 18.7. The van der Waals surface area contributed by atoms with E-state index in [1.807, 2.05) is 18.2 Å². The zero-order valence-corrected chi connectivity index (χ0v) is 11.0. The maximum atomic E-state index is 11.8. The first kappa shape index (κ1) is 13.6. The molecule has 0 aromatic heterocycles. The van der Waals surface area contributed by atoms with Crippen LogP contribution in [0.25, 0.3) is 0 Å². The van der Waals surface area contributed by atoms with Gasteiger partial charge in [-0.15, -0.1) is 0 Å². The highest BCUT2D eigenvalue weighted by Gasteiger charge is 2.19. The van der Waals surface area contributed by atoms with E-state index in [9.17, 15) is 9.59 Å². The van der Waals surface area contributed by atoms with Crippen LogP contribution >= 0.6 is 0 Å². The average molecular weight is 260 g/mol. The molecule has 2 rings (SSSR count). The molecule has 0 bridgehead atoms. The van der Waals surface area contributed by atoms with Crippen LogP contribution in [0.5, 0.6) is 0 Å². The molecule has 1 aromatic rings. The Labute approximate surface area is 113 Å². The summed E-state index contributed by atoms with van der Waals surface area (Å²) < 4.78 is 0. The van der Waals surface area contributed by atoms with E-state index in [-0.39, 0.29) is 17.9 Å².